The smallest absolute Gasteiger partial charge is 0.323 e. The summed E-state index contributed by atoms with van der Waals surface area (Å²) in [5, 5.41) is 13.1. The number of rotatable bonds is 4. The Bertz CT molecular complexity index is 350. The fraction of sp³-hybridized carbons (Fsp3) is 0.941. The molecule has 1 aliphatic heterocycles. The van der Waals surface area contributed by atoms with Crippen molar-refractivity contribution in [3.8, 4) is 0 Å². The maximum absolute atomic E-state index is 12.0. The molecule has 2 rings (SSSR count). The van der Waals surface area contributed by atoms with E-state index < -0.39 is 5.60 Å². The SMILES string of the molecule is CC(C)(C)OC(=O)[C@H]1CC[C@@H](CCC2CCCC(O)C2)N1. The van der Waals surface area contributed by atoms with Crippen molar-refractivity contribution in [2.45, 2.75) is 95.9 Å². The number of ether oxygens (including phenoxy) is 1. The Morgan fingerprint density at radius 1 is 1.19 bits per heavy atom. The standard InChI is InChI=1S/C17H31NO3/c1-17(2,3)21-16(20)15-10-9-13(18-15)8-7-12-5-4-6-14(19)11-12/h12-15,18-19H,4-11H2,1-3H3/t12?,13-,14?,15-/m1/s1. The first-order chi connectivity index (χ1) is 9.83. The van der Waals surface area contributed by atoms with Gasteiger partial charge in [0.2, 0.25) is 0 Å². The Morgan fingerprint density at radius 2 is 1.95 bits per heavy atom. The molecular weight excluding hydrogens is 266 g/mol. The number of nitrogens with one attached hydrogen (secondary N) is 1. The summed E-state index contributed by atoms with van der Waals surface area (Å²) in [5.74, 6) is 0.550. The first-order valence-corrected chi connectivity index (χ1v) is 8.50. The summed E-state index contributed by atoms with van der Waals surface area (Å²) in [7, 11) is 0. The van der Waals surface area contributed by atoms with Gasteiger partial charge >= 0.3 is 5.97 Å². The molecular formula is C17H31NO3. The van der Waals surface area contributed by atoms with E-state index in [1.165, 1.54) is 6.42 Å². The Hall–Kier alpha value is -0.610. The Kier molecular flexibility index (Phi) is 5.67. The number of esters is 1. The van der Waals surface area contributed by atoms with E-state index in [0.717, 1.165) is 44.9 Å². The van der Waals surface area contributed by atoms with E-state index in [4.69, 9.17) is 4.74 Å². The van der Waals surface area contributed by atoms with Crippen molar-refractivity contribution in [2.24, 2.45) is 5.92 Å². The molecule has 4 atom stereocenters. The lowest BCUT2D eigenvalue weighted by atomic mass is 9.83. The van der Waals surface area contributed by atoms with Crippen LogP contribution in [0.1, 0.15) is 72.1 Å². The van der Waals surface area contributed by atoms with Gasteiger partial charge in [-0.05, 0) is 65.2 Å². The zero-order valence-electron chi connectivity index (χ0n) is 13.7. The first kappa shape index (κ1) is 16.8. The highest BCUT2D eigenvalue weighted by molar-refractivity contribution is 5.76. The van der Waals surface area contributed by atoms with Crippen molar-refractivity contribution in [3.63, 3.8) is 0 Å². The summed E-state index contributed by atoms with van der Waals surface area (Å²) in [6.07, 6.45) is 8.46. The summed E-state index contributed by atoms with van der Waals surface area (Å²) >= 11 is 0. The molecule has 21 heavy (non-hydrogen) atoms. The molecule has 1 aliphatic carbocycles. The number of hydrogen-bond donors (Lipinski definition) is 2. The number of carbonyl (C=O) groups excluding carboxylic acids is 1. The van der Waals surface area contributed by atoms with Crippen LogP contribution in [-0.2, 0) is 9.53 Å². The van der Waals surface area contributed by atoms with Crippen LogP contribution < -0.4 is 5.32 Å². The number of aliphatic hydroxyl groups is 1. The molecule has 1 heterocycles. The highest BCUT2D eigenvalue weighted by atomic mass is 16.6. The van der Waals surface area contributed by atoms with Gasteiger partial charge in [0.1, 0.15) is 11.6 Å². The van der Waals surface area contributed by atoms with E-state index in [1.54, 1.807) is 0 Å². The average Bonchev–Trinajstić information content (AvgIpc) is 2.83. The monoisotopic (exact) mass is 297 g/mol. The number of carbonyl (C=O) groups is 1. The van der Waals surface area contributed by atoms with Gasteiger partial charge in [-0.2, -0.15) is 0 Å². The van der Waals surface area contributed by atoms with E-state index in [2.05, 4.69) is 5.32 Å². The van der Waals surface area contributed by atoms with E-state index in [9.17, 15) is 9.90 Å². The van der Waals surface area contributed by atoms with Gasteiger partial charge in [-0.15, -0.1) is 0 Å². The Balaban J connectivity index is 1.69. The van der Waals surface area contributed by atoms with Crippen molar-refractivity contribution in [2.75, 3.05) is 0 Å². The predicted molar refractivity (Wildman–Crippen MR) is 83.0 cm³/mol. The molecule has 0 bridgehead atoms. The molecule has 4 heteroatoms. The van der Waals surface area contributed by atoms with Crippen LogP contribution in [0.3, 0.4) is 0 Å². The highest BCUT2D eigenvalue weighted by Gasteiger charge is 2.32. The first-order valence-electron chi connectivity index (χ1n) is 8.50. The maximum atomic E-state index is 12.0. The van der Waals surface area contributed by atoms with Crippen molar-refractivity contribution < 1.29 is 14.6 Å². The van der Waals surface area contributed by atoms with Gasteiger partial charge in [0.15, 0.2) is 0 Å². The summed E-state index contributed by atoms with van der Waals surface area (Å²) in [4.78, 5) is 12.0. The van der Waals surface area contributed by atoms with Crippen LogP contribution in [0.4, 0.5) is 0 Å². The third-order valence-electron chi connectivity index (χ3n) is 4.61. The summed E-state index contributed by atoms with van der Waals surface area (Å²) in [6.45, 7) is 5.73. The van der Waals surface area contributed by atoms with Gasteiger partial charge in [-0.25, -0.2) is 0 Å². The molecule has 0 aromatic rings. The van der Waals surface area contributed by atoms with Crippen molar-refractivity contribution in [3.05, 3.63) is 0 Å². The van der Waals surface area contributed by atoms with Crippen LogP contribution in [0.5, 0.6) is 0 Å². The maximum Gasteiger partial charge on any atom is 0.323 e. The molecule has 2 N–H and O–H groups in total. The zero-order valence-corrected chi connectivity index (χ0v) is 13.7. The van der Waals surface area contributed by atoms with Crippen molar-refractivity contribution >= 4 is 5.97 Å². The topological polar surface area (TPSA) is 58.6 Å². The van der Waals surface area contributed by atoms with Gasteiger partial charge in [0, 0.05) is 6.04 Å². The fourth-order valence-electron chi connectivity index (χ4n) is 3.57. The Labute approximate surface area is 128 Å². The largest absolute Gasteiger partial charge is 0.459 e. The zero-order chi connectivity index (χ0) is 15.5. The lowest BCUT2D eigenvalue weighted by Crippen LogP contribution is -2.40. The van der Waals surface area contributed by atoms with Crippen LogP contribution in [-0.4, -0.2) is 34.9 Å². The highest BCUT2D eigenvalue weighted by Crippen LogP contribution is 2.29. The predicted octanol–water partition coefficient (Wildman–Crippen LogP) is 2.78. The fourth-order valence-corrected chi connectivity index (χ4v) is 3.57. The van der Waals surface area contributed by atoms with Crippen LogP contribution in [0.25, 0.3) is 0 Å². The third kappa shape index (κ3) is 5.59. The van der Waals surface area contributed by atoms with E-state index in [1.807, 2.05) is 20.8 Å². The van der Waals surface area contributed by atoms with Gasteiger partial charge in [-0.1, -0.05) is 12.8 Å². The lowest BCUT2D eigenvalue weighted by molar-refractivity contribution is -0.157. The molecule has 0 aromatic heterocycles. The van der Waals surface area contributed by atoms with Crippen LogP contribution in [0.2, 0.25) is 0 Å². The second-order valence-electron chi connectivity index (χ2n) is 7.79. The summed E-state index contributed by atoms with van der Waals surface area (Å²) < 4.78 is 5.44. The Morgan fingerprint density at radius 3 is 2.62 bits per heavy atom. The lowest BCUT2D eigenvalue weighted by Gasteiger charge is -2.27. The number of hydrogen-bond acceptors (Lipinski definition) is 4. The molecule has 0 amide bonds. The van der Waals surface area contributed by atoms with E-state index in [-0.39, 0.29) is 18.1 Å². The summed E-state index contributed by atoms with van der Waals surface area (Å²) in [6, 6.07) is 0.299. The van der Waals surface area contributed by atoms with Gasteiger partial charge < -0.3 is 15.2 Å². The molecule has 1 saturated carbocycles. The van der Waals surface area contributed by atoms with Crippen molar-refractivity contribution in [1.82, 2.24) is 5.32 Å². The second kappa shape index (κ2) is 7.10. The molecule has 0 radical (unpaired) electrons. The van der Waals surface area contributed by atoms with Crippen LogP contribution in [0, 0.1) is 5.92 Å². The molecule has 122 valence electrons. The van der Waals surface area contributed by atoms with Crippen LogP contribution in [0.15, 0.2) is 0 Å². The molecule has 2 fully saturated rings. The van der Waals surface area contributed by atoms with Crippen LogP contribution >= 0.6 is 0 Å². The van der Waals surface area contributed by atoms with Crippen molar-refractivity contribution in [1.29, 1.82) is 0 Å². The molecule has 2 unspecified atom stereocenters. The average molecular weight is 297 g/mol. The second-order valence-corrected chi connectivity index (χ2v) is 7.79. The molecule has 1 saturated heterocycles. The minimum atomic E-state index is -0.408. The third-order valence-corrected chi connectivity index (χ3v) is 4.61. The molecule has 2 aliphatic rings. The molecule has 4 nitrogen and oxygen atoms in total. The minimum Gasteiger partial charge on any atom is -0.459 e. The van der Waals surface area contributed by atoms with Gasteiger partial charge in [0.25, 0.3) is 0 Å². The normalized spacial score (nSPS) is 33.9. The van der Waals surface area contributed by atoms with E-state index >= 15 is 0 Å². The quantitative estimate of drug-likeness (QED) is 0.783. The minimum absolute atomic E-state index is 0.0881. The van der Waals surface area contributed by atoms with E-state index in [0.29, 0.717) is 12.0 Å². The number of aliphatic hydroxyl groups excluding tert-OH is 1. The molecule has 0 aromatic carbocycles. The van der Waals surface area contributed by atoms with Gasteiger partial charge in [0.05, 0.1) is 6.10 Å². The molecule has 0 spiro atoms. The summed E-state index contributed by atoms with van der Waals surface area (Å²) in [5.41, 5.74) is -0.408. The van der Waals surface area contributed by atoms with Gasteiger partial charge in [-0.3, -0.25) is 4.79 Å².